The Hall–Kier alpha value is -2.61. The molecule has 4 rings (SSSR count). The molecule has 0 saturated heterocycles. The quantitative estimate of drug-likeness (QED) is 0.302. The summed E-state index contributed by atoms with van der Waals surface area (Å²) in [7, 11) is 0. The van der Waals surface area contributed by atoms with E-state index < -0.39 is 34.9 Å². The van der Waals surface area contributed by atoms with Crippen LogP contribution in [0.25, 0.3) is 0 Å². The Morgan fingerprint density at radius 1 is 1.38 bits per heavy atom. The summed E-state index contributed by atoms with van der Waals surface area (Å²) >= 11 is 6.57. The molecule has 2 saturated carbocycles. The minimum absolute atomic E-state index is 0.124. The molecule has 9 heteroatoms. The highest BCUT2D eigenvalue weighted by Crippen LogP contribution is 2.52. The van der Waals surface area contributed by atoms with Crippen LogP contribution in [0.2, 0.25) is 5.02 Å². The number of aliphatic carboxylic acids is 1. The molecule has 0 bridgehead atoms. The second kappa shape index (κ2) is 10.3. The van der Waals surface area contributed by atoms with Gasteiger partial charge in [-0.2, -0.15) is 0 Å². The van der Waals surface area contributed by atoms with Gasteiger partial charge in [0.25, 0.3) is 0 Å². The minimum atomic E-state index is -2.76. The third kappa shape index (κ3) is 5.64. The summed E-state index contributed by atoms with van der Waals surface area (Å²) in [4.78, 5) is 26.0. The predicted octanol–water partition coefficient (Wildman–Crippen LogP) is 6.89. The van der Waals surface area contributed by atoms with Crippen LogP contribution in [-0.4, -0.2) is 40.1 Å². The van der Waals surface area contributed by atoms with Crippen molar-refractivity contribution in [3.05, 3.63) is 53.2 Å². The van der Waals surface area contributed by atoms with E-state index in [4.69, 9.17) is 16.3 Å². The second-order valence-corrected chi connectivity index (χ2v) is 11.4. The van der Waals surface area contributed by atoms with E-state index in [1.54, 1.807) is 32.2 Å². The summed E-state index contributed by atoms with van der Waals surface area (Å²) in [5.41, 5.74) is -0.824. The number of nitrogens with one attached hydrogen (secondary N) is 1. The van der Waals surface area contributed by atoms with Crippen LogP contribution in [0.5, 0.6) is 5.75 Å². The molecule has 0 aromatic heterocycles. The van der Waals surface area contributed by atoms with Crippen LogP contribution in [0.4, 0.5) is 13.6 Å². The van der Waals surface area contributed by atoms with E-state index in [9.17, 15) is 23.5 Å². The number of hydrogen-bond donors (Lipinski definition) is 2. The number of benzene rings is 1. The van der Waals surface area contributed by atoms with E-state index in [0.717, 1.165) is 6.42 Å². The molecule has 1 unspecified atom stereocenters. The molecule has 0 spiro atoms. The van der Waals surface area contributed by atoms with Crippen LogP contribution in [0.1, 0.15) is 70.8 Å². The third-order valence-electron chi connectivity index (χ3n) is 8.30. The fraction of sp³-hybridized carbons (Fsp3) is 0.571. The maximum atomic E-state index is 14.0. The van der Waals surface area contributed by atoms with Crippen LogP contribution in [-0.2, 0) is 10.3 Å². The van der Waals surface area contributed by atoms with Crippen LogP contribution in [0, 0.1) is 11.8 Å². The first-order valence-corrected chi connectivity index (χ1v) is 13.2. The fourth-order valence-corrected chi connectivity index (χ4v) is 5.65. The first-order valence-electron chi connectivity index (χ1n) is 12.9. The lowest BCUT2D eigenvalue weighted by atomic mass is 9.67. The fourth-order valence-electron chi connectivity index (χ4n) is 5.41. The molecule has 1 aromatic rings. The molecular formula is C28H35ClF2N2O4. The lowest BCUT2D eigenvalue weighted by Gasteiger charge is -2.50. The summed E-state index contributed by atoms with van der Waals surface area (Å²) in [5.74, 6) is -2.97. The van der Waals surface area contributed by atoms with E-state index in [2.05, 4.69) is 11.9 Å². The Morgan fingerprint density at radius 3 is 2.62 bits per heavy atom. The maximum absolute atomic E-state index is 14.0. The second-order valence-electron chi connectivity index (χ2n) is 11.0. The number of urea groups is 1. The van der Waals surface area contributed by atoms with Crippen LogP contribution < -0.4 is 10.1 Å². The average molecular weight is 537 g/mol. The molecule has 2 aliphatic carbocycles. The number of ether oxygens (including phenoxy) is 1. The van der Waals surface area contributed by atoms with Crippen molar-refractivity contribution < 1.29 is 28.2 Å². The van der Waals surface area contributed by atoms with Gasteiger partial charge in [-0.25, -0.2) is 13.6 Å². The Morgan fingerprint density at radius 2 is 2.08 bits per heavy atom. The number of carboxylic acid groups (broad SMARTS) is 1. The topological polar surface area (TPSA) is 78.9 Å². The van der Waals surface area contributed by atoms with Gasteiger partial charge in [0.2, 0.25) is 5.92 Å². The first-order chi connectivity index (χ1) is 17.4. The normalized spacial score (nSPS) is 25.3. The first kappa shape index (κ1) is 27.4. The number of amides is 2. The van der Waals surface area contributed by atoms with E-state index >= 15 is 0 Å². The van der Waals surface area contributed by atoms with Crippen LogP contribution in [0.3, 0.4) is 0 Å². The molecule has 0 radical (unpaired) electrons. The van der Waals surface area contributed by atoms with Crippen molar-refractivity contribution >= 4 is 23.6 Å². The molecule has 2 N–H and O–H groups in total. The summed E-state index contributed by atoms with van der Waals surface area (Å²) in [6, 6.07) is 4.82. The zero-order valence-corrected chi connectivity index (χ0v) is 22.1. The maximum Gasteiger partial charge on any atom is 0.323 e. The van der Waals surface area contributed by atoms with Gasteiger partial charge in [-0.3, -0.25) is 9.69 Å². The Labute approximate surface area is 221 Å². The molecule has 1 aliphatic heterocycles. The van der Waals surface area contributed by atoms with Gasteiger partial charge in [-0.15, -0.1) is 6.58 Å². The number of carbonyl (C=O) groups excluding carboxylic acids is 1. The van der Waals surface area contributed by atoms with Crippen molar-refractivity contribution in [3.63, 3.8) is 0 Å². The zero-order chi connectivity index (χ0) is 27.0. The number of rotatable bonds is 11. The summed E-state index contributed by atoms with van der Waals surface area (Å²) in [5, 5.41) is 12.6. The molecular weight excluding hydrogens is 502 g/mol. The number of alkyl halides is 2. The highest BCUT2D eigenvalue weighted by atomic mass is 35.5. The van der Waals surface area contributed by atoms with Crippen LogP contribution in [0.15, 0.2) is 42.6 Å². The monoisotopic (exact) mass is 536 g/mol. The number of halogens is 3. The van der Waals surface area contributed by atoms with Gasteiger partial charge in [0, 0.05) is 25.5 Å². The SMILES string of the molecule is C=CC(C)(CCC(=O)O)N1C=C(C2CC(F)(F)C2)[C@](C)(c2ccc(OCCC3CCC3)c(Cl)c2)NC1=O. The van der Waals surface area contributed by atoms with Gasteiger partial charge in [-0.1, -0.05) is 43.0 Å². The van der Waals surface area contributed by atoms with Crippen molar-refractivity contribution in [2.45, 2.75) is 82.2 Å². The number of carboxylic acids is 1. The van der Waals surface area contributed by atoms with Crippen LogP contribution >= 0.6 is 11.6 Å². The summed E-state index contributed by atoms with van der Waals surface area (Å²) < 4.78 is 33.8. The highest BCUT2D eigenvalue weighted by Gasteiger charge is 2.53. The van der Waals surface area contributed by atoms with Crippen molar-refractivity contribution in [2.75, 3.05) is 6.61 Å². The molecule has 37 heavy (non-hydrogen) atoms. The summed E-state index contributed by atoms with van der Waals surface area (Å²) in [6.07, 6.45) is 7.16. The molecule has 2 atom stereocenters. The van der Waals surface area contributed by atoms with Gasteiger partial charge in [0.05, 0.1) is 22.7 Å². The predicted molar refractivity (Wildman–Crippen MR) is 138 cm³/mol. The van der Waals surface area contributed by atoms with Gasteiger partial charge in [0.15, 0.2) is 0 Å². The van der Waals surface area contributed by atoms with Gasteiger partial charge >= 0.3 is 12.0 Å². The van der Waals surface area contributed by atoms with Gasteiger partial charge in [-0.05, 0) is 61.8 Å². The van der Waals surface area contributed by atoms with Crippen molar-refractivity contribution in [1.82, 2.24) is 10.2 Å². The van der Waals surface area contributed by atoms with E-state index in [-0.39, 0.29) is 25.7 Å². The number of carbonyl (C=O) groups is 2. The van der Waals surface area contributed by atoms with Crippen molar-refractivity contribution in [3.8, 4) is 5.75 Å². The van der Waals surface area contributed by atoms with E-state index in [1.807, 2.05) is 6.07 Å². The molecule has 6 nitrogen and oxygen atoms in total. The smallest absolute Gasteiger partial charge is 0.323 e. The average Bonchev–Trinajstić information content (AvgIpc) is 2.78. The van der Waals surface area contributed by atoms with Gasteiger partial charge < -0.3 is 15.2 Å². The third-order valence-corrected chi connectivity index (χ3v) is 8.60. The Balaban J connectivity index is 1.64. The lowest BCUT2D eigenvalue weighted by molar-refractivity contribution is -0.137. The van der Waals surface area contributed by atoms with Crippen molar-refractivity contribution in [2.24, 2.45) is 11.8 Å². The zero-order valence-electron chi connectivity index (χ0n) is 21.4. The Kier molecular flexibility index (Phi) is 7.62. The molecule has 2 fully saturated rings. The standard InChI is InChI=1S/C28H35ClF2N2O4/c1-4-26(2,12-10-24(34)35)33-17-21(19-15-28(30,31)16-19)27(3,32-25(33)36)20-8-9-23(22(29)14-20)37-13-11-18-6-5-7-18/h4,8-9,14,17-19H,1,5-7,10-13,15-16H2,2-3H3,(H,32,36)(H,34,35)/t26?,27-/m0/s1. The number of nitrogens with zero attached hydrogens (tertiary/aromatic N) is 1. The lowest BCUT2D eigenvalue weighted by Crippen LogP contribution is -2.61. The van der Waals surface area contributed by atoms with E-state index in [0.29, 0.717) is 34.4 Å². The molecule has 3 aliphatic rings. The molecule has 1 aromatic carbocycles. The minimum Gasteiger partial charge on any atom is -0.492 e. The van der Waals surface area contributed by atoms with E-state index in [1.165, 1.54) is 30.2 Å². The Bertz CT molecular complexity index is 1100. The molecule has 2 amide bonds. The molecule has 1 heterocycles. The largest absolute Gasteiger partial charge is 0.492 e. The molecule has 202 valence electrons. The van der Waals surface area contributed by atoms with Crippen molar-refractivity contribution in [1.29, 1.82) is 0 Å². The van der Waals surface area contributed by atoms with Gasteiger partial charge in [0.1, 0.15) is 5.75 Å². The number of hydrogen-bond acceptors (Lipinski definition) is 3. The summed E-state index contributed by atoms with van der Waals surface area (Å²) in [6.45, 7) is 7.88. The highest BCUT2D eigenvalue weighted by molar-refractivity contribution is 6.32.